The number of halogens is 4. The Bertz CT molecular complexity index is 1410. The number of aliphatic carboxylic acids is 1. The molecule has 1 unspecified atom stereocenters. The molecule has 1 amide bonds. The largest absolute Gasteiger partial charge is 0.486 e. The molecule has 16 heteroatoms. The van der Waals surface area contributed by atoms with Gasteiger partial charge in [-0.1, -0.05) is 11.6 Å². The van der Waals surface area contributed by atoms with Crippen molar-refractivity contribution in [3.05, 3.63) is 29.5 Å². The molecule has 0 bridgehead atoms. The van der Waals surface area contributed by atoms with Gasteiger partial charge >= 0.3 is 18.2 Å². The Kier molecular flexibility index (Phi) is 7.21. The number of aromatic nitrogens is 2. The van der Waals surface area contributed by atoms with E-state index in [1.54, 1.807) is 6.92 Å². The van der Waals surface area contributed by atoms with Crippen molar-refractivity contribution in [3.8, 4) is 5.75 Å². The molecule has 0 radical (unpaired) electrons. The number of hydrogen-bond donors (Lipinski definition) is 2. The zero-order chi connectivity index (χ0) is 29.0. The number of alkyl halides is 3. The third kappa shape index (κ3) is 5.60. The number of carboxylic acids is 1. The first-order valence-corrected chi connectivity index (χ1v) is 13.7. The number of aryl methyl sites for hydroxylation is 1. The van der Waals surface area contributed by atoms with Gasteiger partial charge in [0, 0.05) is 24.8 Å². The number of anilines is 2. The second kappa shape index (κ2) is 9.77. The number of ether oxygens (including phenoxy) is 2. The van der Waals surface area contributed by atoms with Gasteiger partial charge in [-0.2, -0.15) is 18.3 Å². The Labute approximate surface area is 226 Å². The standard InChI is InChI=1S/C23H26ClF3N4O7S/c1-4-30-12-17(18(24)29-30)39(35,36)31-11-14(10-22(7-8-22)19(32)33)37-16-6-5-13(9-15(16)31)28-20(34)38-21(2,3)23(25,26)27/h5-6,9,12,14H,4,7-8,10-11H2,1-3H3,(H,28,34)(H,32,33). The molecule has 2 heterocycles. The molecule has 2 aliphatic rings. The van der Waals surface area contributed by atoms with Gasteiger partial charge in [0.1, 0.15) is 16.7 Å². The Balaban J connectivity index is 1.69. The van der Waals surface area contributed by atoms with Crippen molar-refractivity contribution in [1.82, 2.24) is 9.78 Å². The molecule has 214 valence electrons. The van der Waals surface area contributed by atoms with E-state index in [9.17, 15) is 36.3 Å². The van der Waals surface area contributed by atoms with E-state index < -0.39 is 45.4 Å². The van der Waals surface area contributed by atoms with Crippen LogP contribution in [0.1, 0.15) is 40.0 Å². The Morgan fingerprint density at radius 3 is 2.51 bits per heavy atom. The topological polar surface area (TPSA) is 140 Å². The van der Waals surface area contributed by atoms with Gasteiger partial charge in [-0.15, -0.1) is 0 Å². The number of sulfonamides is 1. The van der Waals surface area contributed by atoms with E-state index in [4.69, 9.17) is 16.3 Å². The summed E-state index contributed by atoms with van der Waals surface area (Å²) in [6, 6.07) is 3.82. The minimum atomic E-state index is -4.83. The Morgan fingerprint density at radius 1 is 1.31 bits per heavy atom. The van der Waals surface area contributed by atoms with Crippen molar-refractivity contribution in [3.63, 3.8) is 0 Å². The monoisotopic (exact) mass is 594 g/mol. The van der Waals surface area contributed by atoms with Gasteiger partial charge in [0.25, 0.3) is 10.0 Å². The zero-order valence-electron chi connectivity index (χ0n) is 21.1. The summed E-state index contributed by atoms with van der Waals surface area (Å²) in [6.45, 7) is 3.16. The number of fused-ring (bicyclic) bond motifs is 1. The molecule has 1 atom stereocenters. The quantitative estimate of drug-likeness (QED) is 0.450. The maximum atomic E-state index is 13.8. The van der Waals surface area contributed by atoms with Crippen molar-refractivity contribution < 1.29 is 45.8 Å². The maximum Gasteiger partial charge on any atom is 0.427 e. The van der Waals surface area contributed by atoms with Crippen molar-refractivity contribution >= 4 is 45.1 Å². The van der Waals surface area contributed by atoms with E-state index in [2.05, 4.69) is 15.2 Å². The summed E-state index contributed by atoms with van der Waals surface area (Å²) in [5.74, 6) is -0.942. The fourth-order valence-electron chi connectivity index (χ4n) is 4.08. The molecule has 1 aromatic heterocycles. The molecule has 2 aromatic rings. The van der Waals surface area contributed by atoms with Crippen molar-refractivity contribution in [1.29, 1.82) is 0 Å². The highest BCUT2D eigenvalue weighted by molar-refractivity contribution is 7.93. The smallest absolute Gasteiger partial charge is 0.427 e. The van der Waals surface area contributed by atoms with E-state index in [-0.39, 0.29) is 40.1 Å². The van der Waals surface area contributed by atoms with Crippen LogP contribution in [0.2, 0.25) is 5.15 Å². The third-order valence-electron chi connectivity index (χ3n) is 6.67. The number of benzene rings is 1. The number of nitrogens with one attached hydrogen (secondary N) is 1. The van der Waals surface area contributed by atoms with Crippen LogP contribution in [0.5, 0.6) is 5.75 Å². The molecule has 2 N–H and O–H groups in total. The van der Waals surface area contributed by atoms with Crippen LogP contribution in [0.3, 0.4) is 0 Å². The Morgan fingerprint density at radius 2 is 1.97 bits per heavy atom. The summed E-state index contributed by atoms with van der Waals surface area (Å²) in [6.07, 6.45) is -4.92. The average molecular weight is 595 g/mol. The van der Waals surface area contributed by atoms with Crippen LogP contribution in [0.25, 0.3) is 0 Å². The normalized spacial score (nSPS) is 18.6. The molecule has 0 spiro atoms. The molecule has 1 aliphatic heterocycles. The molecule has 0 saturated heterocycles. The highest BCUT2D eigenvalue weighted by Gasteiger charge is 2.53. The molecule has 1 aromatic carbocycles. The lowest BCUT2D eigenvalue weighted by molar-refractivity contribution is -0.242. The van der Waals surface area contributed by atoms with Crippen LogP contribution in [0, 0.1) is 5.41 Å². The van der Waals surface area contributed by atoms with Crippen LogP contribution >= 0.6 is 11.6 Å². The first kappa shape index (κ1) is 28.8. The fraction of sp³-hybridized carbons (Fsp3) is 0.522. The Hall–Kier alpha value is -3.20. The average Bonchev–Trinajstić information content (AvgIpc) is 3.50. The van der Waals surface area contributed by atoms with Crippen molar-refractivity contribution in [2.24, 2.45) is 5.41 Å². The van der Waals surface area contributed by atoms with Crippen LogP contribution < -0.4 is 14.4 Å². The summed E-state index contributed by atoms with van der Waals surface area (Å²) in [4.78, 5) is 23.7. The molecule has 1 aliphatic carbocycles. The van der Waals surface area contributed by atoms with Crippen molar-refractivity contribution in [2.45, 2.75) is 69.4 Å². The predicted molar refractivity (Wildman–Crippen MR) is 132 cm³/mol. The van der Waals surface area contributed by atoms with E-state index >= 15 is 0 Å². The lowest BCUT2D eigenvalue weighted by Crippen LogP contribution is -2.45. The van der Waals surface area contributed by atoms with Crippen LogP contribution in [-0.4, -0.2) is 59.8 Å². The van der Waals surface area contributed by atoms with E-state index in [0.29, 0.717) is 33.2 Å². The van der Waals surface area contributed by atoms with Crippen LogP contribution in [0.15, 0.2) is 29.3 Å². The summed E-state index contributed by atoms with van der Waals surface area (Å²) >= 11 is 6.14. The van der Waals surface area contributed by atoms with Crippen LogP contribution in [0.4, 0.5) is 29.3 Å². The SMILES string of the molecule is CCn1cc(S(=O)(=O)N2CC(CC3(C(=O)O)CC3)Oc3ccc(NC(=O)OC(C)(C)C(F)(F)F)cc32)c(Cl)n1. The second-order valence-electron chi connectivity index (χ2n) is 9.91. The third-order valence-corrected chi connectivity index (χ3v) is 8.84. The first-order chi connectivity index (χ1) is 18.0. The molecular formula is C23H26ClF3N4O7S. The van der Waals surface area contributed by atoms with Gasteiger partial charge < -0.3 is 14.6 Å². The highest BCUT2D eigenvalue weighted by Crippen LogP contribution is 2.51. The van der Waals surface area contributed by atoms with E-state index in [1.807, 2.05) is 0 Å². The number of carbonyl (C=O) groups is 2. The number of amides is 1. The number of carboxylic acid groups (broad SMARTS) is 1. The van der Waals surface area contributed by atoms with Gasteiger partial charge in [-0.05, 0) is 51.8 Å². The summed E-state index contributed by atoms with van der Waals surface area (Å²) < 4.78 is 79.7. The zero-order valence-corrected chi connectivity index (χ0v) is 22.7. The number of nitrogens with zero attached hydrogens (tertiary/aromatic N) is 3. The maximum absolute atomic E-state index is 13.8. The molecule has 1 fully saturated rings. The first-order valence-electron chi connectivity index (χ1n) is 11.9. The summed E-state index contributed by atoms with van der Waals surface area (Å²) in [5.41, 5.74) is -3.91. The van der Waals surface area contributed by atoms with Gasteiger partial charge in [0.05, 0.1) is 17.6 Å². The summed E-state index contributed by atoms with van der Waals surface area (Å²) in [5, 5.41) is 15.5. The molecular weight excluding hydrogens is 569 g/mol. The van der Waals surface area contributed by atoms with Crippen LogP contribution in [-0.2, 0) is 26.1 Å². The number of hydrogen-bond acceptors (Lipinski definition) is 7. The van der Waals surface area contributed by atoms with Gasteiger partial charge in [-0.25, -0.2) is 13.2 Å². The fourth-order valence-corrected chi connectivity index (χ4v) is 6.03. The summed E-state index contributed by atoms with van der Waals surface area (Å²) in [7, 11) is -4.38. The predicted octanol–water partition coefficient (Wildman–Crippen LogP) is 4.66. The van der Waals surface area contributed by atoms with Gasteiger partial charge in [-0.3, -0.25) is 19.1 Å². The second-order valence-corrected chi connectivity index (χ2v) is 12.1. The lowest BCUT2D eigenvalue weighted by Gasteiger charge is -2.36. The lowest BCUT2D eigenvalue weighted by atomic mass is 9.97. The minimum Gasteiger partial charge on any atom is -0.486 e. The highest BCUT2D eigenvalue weighted by atomic mass is 35.5. The molecule has 1 saturated carbocycles. The molecule has 39 heavy (non-hydrogen) atoms. The van der Waals surface area contributed by atoms with E-state index in [0.717, 1.165) is 4.31 Å². The molecule has 4 rings (SSSR count). The number of rotatable bonds is 8. The molecule has 11 nitrogen and oxygen atoms in total. The van der Waals surface area contributed by atoms with E-state index in [1.165, 1.54) is 29.1 Å². The number of carbonyl (C=O) groups excluding carboxylic acids is 1. The van der Waals surface area contributed by atoms with Crippen molar-refractivity contribution in [2.75, 3.05) is 16.2 Å². The minimum absolute atomic E-state index is 0.0420. The van der Waals surface area contributed by atoms with Gasteiger partial charge in [0.2, 0.25) is 5.60 Å². The van der Waals surface area contributed by atoms with Gasteiger partial charge in [0.15, 0.2) is 5.15 Å².